The van der Waals surface area contributed by atoms with Crippen molar-refractivity contribution in [2.75, 3.05) is 17.3 Å². The Kier molecular flexibility index (Phi) is 4.72. The number of anilines is 2. The van der Waals surface area contributed by atoms with E-state index < -0.39 is 5.91 Å². The Labute approximate surface area is 179 Å². The minimum Gasteiger partial charge on any atom is -0.465 e. The number of aromatic nitrogens is 3. The Hall–Kier alpha value is -3.62. The van der Waals surface area contributed by atoms with Crippen LogP contribution in [0.1, 0.15) is 46.4 Å². The highest BCUT2D eigenvalue weighted by Gasteiger charge is 2.41. The van der Waals surface area contributed by atoms with Crippen LogP contribution in [-0.2, 0) is 4.74 Å². The highest BCUT2D eigenvalue weighted by atomic mass is 16.5. The van der Waals surface area contributed by atoms with Gasteiger partial charge in [-0.15, -0.1) is 0 Å². The van der Waals surface area contributed by atoms with Crippen molar-refractivity contribution in [3.8, 4) is 0 Å². The summed E-state index contributed by atoms with van der Waals surface area (Å²) in [6, 6.07) is 6.45. The largest absolute Gasteiger partial charge is 0.465 e. The Morgan fingerprint density at radius 2 is 1.94 bits per heavy atom. The van der Waals surface area contributed by atoms with Crippen molar-refractivity contribution in [1.29, 1.82) is 0 Å². The van der Waals surface area contributed by atoms with E-state index in [-0.39, 0.29) is 12.0 Å². The number of carbonyl (C=O) groups is 2. The number of nitrogens with zero attached hydrogens (tertiary/aromatic N) is 3. The van der Waals surface area contributed by atoms with Crippen LogP contribution in [0.4, 0.5) is 11.5 Å². The maximum absolute atomic E-state index is 12.0. The lowest BCUT2D eigenvalue weighted by Crippen LogP contribution is -2.47. The summed E-state index contributed by atoms with van der Waals surface area (Å²) in [6.45, 7) is 0. The van der Waals surface area contributed by atoms with Crippen molar-refractivity contribution in [1.82, 2.24) is 15.0 Å². The van der Waals surface area contributed by atoms with Crippen LogP contribution in [0.2, 0.25) is 0 Å². The second kappa shape index (κ2) is 7.57. The van der Waals surface area contributed by atoms with Crippen LogP contribution in [0.25, 0.3) is 11.0 Å². The summed E-state index contributed by atoms with van der Waals surface area (Å²) in [7, 11) is 1.36. The van der Waals surface area contributed by atoms with Gasteiger partial charge in [-0.3, -0.25) is 4.79 Å². The molecule has 9 heteroatoms. The van der Waals surface area contributed by atoms with Crippen molar-refractivity contribution in [2.45, 2.75) is 43.8 Å². The number of aromatic amines is 1. The zero-order valence-corrected chi connectivity index (χ0v) is 17.2. The predicted molar refractivity (Wildman–Crippen MR) is 116 cm³/mol. The van der Waals surface area contributed by atoms with Gasteiger partial charge in [-0.05, 0) is 43.9 Å². The van der Waals surface area contributed by atoms with Gasteiger partial charge in [0.15, 0.2) is 0 Å². The van der Waals surface area contributed by atoms with E-state index in [1.165, 1.54) is 13.3 Å². The van der Waals surface area contributed by atoms with Crippen molar-refractivity contribution in [3.05, 3.63) is 47.9 Å². The fourth-order valence-electron chi connectivity index (χ4n) is 5.00. The molecule has 0 radical (unpaired) electrons. The number of amides is 1. The van der Waals surface area contributed by atoms with Crippen LogP contribution in [-0.4, -0.2) is 52.1 Å². The van der Waals surface area contributed by atoms with Gasteiger partial charge in [-0.1, -0.05) is 0 Å². The lowest BCUT2D eigenvalue weighted by atomic mass is 9.96. The van der Waals surface area contributed by atoms with Gasteiger partial charge in [-0.2, -0.15) is 0 Å². The fourth-order valence-corrected chi connectivity index (χ4v) is 5.00. The number of piperidine rings is 1. The van der Waals surface area contributed by atoms with Crippen LogP contribution in [0.3, 0.4) is 0 Å². The summed E-state index contributed by atoms with van der Waals surface area (Å²) in [6.07, 6.45) is 8.92. The molecular formula is C22H24N6O3. The predicted octanol–water partition coefficient (Wildman–Crippen LogP) is 2.46. The van der Waals surface area contributed by atoms with E-state index in [4.69, 9.17) is 10.5 Å². The summed E-state index contributed by atoms with van der Waals surface area (Å²) in [5, 5.41) is 4.46. The molecular weight excluding hydrogens is 396 g/mol. The van der Waals surface area contributed by atoms with Crippen LogP contribution in [0, 0.1) is 0 Å². The molecule has 2 aliphatic rings. The summed E-state index contributed by atoms with van der Waals surface area (Å²) >= 11 is 0. The van der Waals surface area contributed by atoms with E-state index in [0.29, 0.717) is 23.2 Å². The maximum atomic E-state index is 12.0. The van der Waals surface area contributed by atoms with Crippen molar-refractivity contribution >= 4 is 34.4 Å². The zero-order chi connectivity index (χ0) is 21.5. The van der Waals surface area contributed by atoms with Gasteiger partial charge in [0.2, 0.25) is 0 Å². The second-order valence-electron chi connectivity index (χ2n) is 8.15. The molecule has 9 nitrogen and oxygen atoms in total. The number of hydrogen-bond acceptors (Lipinski definition) is 7. The quantitative estimate of drug-likeness (QED) is 0.541. The Morgan fingerprint density at radius 3 is 2.58 bits per heavy atom. The summed E-state index contributed by atoms with van der Waals surface area (Å²) in [4.78, 5) is 37.9. The maximum Gasteiger partial charge on any atom is 0.339 e. The van der Waals surface area contributed by atoms with E-state index >= 15 is 0 Å². The fraction of sp³-hybridized carbons (Fsp3) is 0.364. The molecule has 5 rings (SSSR count). The minimum atomic E-state index is -0.492. The molecule has 160 valence electrons. The first kappa shape index (κ1) is 19.3. The summed E-state index contributed by atoms with van der Waals surface area (Å²) in [5.41, 5.74) is 7.93. The number of rotatable bonds is 5. The number of esters is 1. The monoisotopic (exact) mass is 420 g/mol. The Morgan fingerprint density at radius 1 is 1.16 bits per heavy atom. The van der Waals surface area contributed by atoms with Crippen molar-refractivity contribution in [3.63, 3.8) is 0 Å². The van der Waals surface area contributed by atoms with Gasteiger partial charge >= 0.3 is 5.97 Å². The molecule has 3 aromatic rings. The van der Waals surface area contributed by atoms with Crippen LogP contribution < -0.4 is 16.0 Å². The second-order valence-corrected chi connectivity index (χ2v) is 8.15. The van der Waals surface area contributed by atoms with Crippen LogP contribution >= 0.6 is 0 Å². The summed E-state index contributed by atoms with van der Waals surface area (Å²) < 4.78 is 4.76. The minimum absolute atomic E-state index is 0.210. The van der Waals surface area contributed by atoms with E-state index in [0.717, 1.165) is 48.2 Å². The number of nitrogens with one attached hydrogen (secondary N) is 2. The van der Waals surface area contributed by atoms with E-state index in [2.05, 4.69) is 25.2 Å². The molecule has 2 aliphatic heterocycles. The number of fused-ring (bicyclic) bond motifs is 3. The first-order chi connectivity index (χ1) is 15.0. The van der Waals surface area contributed by atoms with Crippen molar-refractivity contribution < 1.29 is 14.3 Å². The molecule has 2 fully saturated rings. The highest BCUT2D eigenvalue weighted by molar-refractivity contribution is 6.06. The molecule has 5 heterocycles. The molecule has 3 aromatic heterocycles. The van der Waals surface area contributed by atoms with Crippen LogP contribution in [0.5, 0.6) is 0 Å². The molecule has 0 saturated carbocycles. The topological polar surface area (TPSA) is 126 Å². The highest BCUT2D eigenvalue weighted by Crippen LogP contribution is 2.40. The molecule has 1 amide bonds. The average Bonchev–Trinajstić information content (AvgIpc) is 3.36. The molecule has 2 saturated heterocycles. The number of ether oxygens (including phenoxy) is 1. The van der Waals surface area contributed by atoms with Gasteiger partial charge in [0.25, 0.3) is 5.91 Å². The smallest absolute Gasteiger partial charge is 0.339 e. The Balaban J connectivity index is 1.37. The SMILES string of the molecule is COC(=O)c1ccc(N2[C@@H]3CC[C@H]2C[C@H](Nc2c(C(N)=O)cnc4[nH]ccc24)C3)nc1. The van der Waals surface area contributed by atoms with E-state index in [1.807, 2.05) is 18.3 Å². The first-order valence-electron chi connectivity index (χ1n) is 10.4. The summed E-state index contributed by atoms with van der Waals surface area (Å²) in [5.74, 6) is 0.00498. The molecule has 0 unspecified atom stereocenters. The van der Waals surface area contributed by atoms with Gasteiger partial charge < -0.3 is 25.7 Å². The first-order valence-corrected chi connectivity index (χ1v) is 10.4. The molecule has 4 N–H and O–H groups in total. The lowest BCUT2D eigenvalue weighted by Gasteiger charge is -2.40. The third-order valence-corrected chi connectivity index (χ3v) is 6.37. The van der Waals surface area contributed by atoms with E-state index in [9.17, 15) is 9.59 Å². The van der Waals surface area contributed by atoms with Gasteiger partial charge in [0.1, 0.15) is 11.5 Å². The number of nitrogens with two attached hydrogens (primary N) is 1. The number of primary amides is 1. The number of hydrogen-bond donors (Lipinski definition) is 3. The third-order valence-electron chi connectivity index (χ3n) is 6.37. The number of methoxy groups -OCH3 is 1. The van der Waals surface area contributed by atoms with Gasteiger partial charge in [0.05, 0.1) is 23.9 Å². The molecule has 0 aliphatic carbocycles. The molecule has 3 atom stereocenters. The third kappa shape index (κ3) is 3.35. The number of H-pyrrole nitrogens is 1. The lowest BCUT2D eigenvalue weighted by molar-refractivity contribution is 0.0600. The molecule has 0 aromatic carbocycles. The van der Waals surface area contributed by atoms with Gasteiger partial charge in [-0.25, -0.2) is 14.8 Å². The number of carbonyl (C=O) groups excluding carboxylic acids is 2. The van der Waals surface area contributed by atoms with Gasteiger partial charge in [0, 0.05) is 42.1 Å². The molecule has 2 bridgehead atoms. The Bertz CT molecular complexity index is 1130. The standard InChI is InChI=1S/C22H24N6O3/c1-31-22(30)12-2-5-18(25-10-12)28-14-3-4-15(28)9-13(8-14)27-19-16-6-7-24-21(16)26-11-17(19)20(23)29/h2,5-7,10-11,13-15H,3-4,8-9H2,1H3,(H2,23,29)(H2,24,26,27)/t13-,14-,15+. The number of pyridine rings is 2. The zero-order valence-electron chi connectivity index (χ0n) is 17.2. The molecule has 0 spiro atoms. The average molecular weight is 420 g/mol. The van der Waals surface area contributed by atoms with Crippen LogP contribution in [0.15, 0.2) is 36.8 Å². The molecule has 31 heavy (non-hydrogen) atoms. The normalized spacial score (nSPS) is 22.5. The van der Waals surface area contributed by atoms with Crippen molar-refractivity contribution in [2.24, 2.45) is 5.73 Å². The van der Waals surface area contributed by atoms with E-state index in [1.54, 1.807) is 12.3 Å².